The van der Waals surface area contributed by atoms with Gasteiger partial charge in [0.2, 0.25) is 0 Å². The van der Waals surface area contributed by atoms with Crippen molar-refractivity contribution in [1.82, 2.24) is 4.48 Å². The van der Waals surface area contributed by atoms with Gasteiger partial charge in [-0.25, -0.2) is 0 Å². The van der Waals surface area contributed by atoms with Crippen LogP contribution in [-0.4, -0.2) is 21.1 Å². The fourth-order valence-corrected chi connectivity index (χ4v) is 1.10. The van der Waals surface area contributed by atoms with Crippen molar-refractivity contribution in [2.45, 2.75) is 6.18 Å². The van der Waals surface area contributed by atoms with E-state index in [2.05, 4.69) is 0 Å². The second kappa shape index (κ2) is 4.69. The molecule has 0 fully saturated rings. The smallest absolute Gasteiger partial charge is 0.416 e. The third-order valence-corrected chi connectivity index (χ3v) is 1.97. The molecule has 0 bridgehead atoms. The van der Waals surface area contributed by atoms with E-state index in [4.69, 9.17) is 0 Å². The zero-order valence-corrected chi connectivity index (χ0v) is 10.9. The van der Waals surface area contributed by atoms with Gasteiger partial charge in [-0.15, -0.1) is 0 Å². The van der Waals surface area contributed by atoms with Crippen LogP contribution < -0.4 is 28.5 Å². The summed E-state index contributed by atoms with van der Waals surface area (Å²) in [4.78, 5) is 0. The second-order valence-electron chi connectivity index (χ2n) is 4.06. The van der Waals surface area contributed by atoms with Crippen LogP contribution in [0.15, 0.2) is 24.3 Å². The van der Waals surface area contributed by atoms with Gasteiger partial charge in [0.25, 0.3) is 0 Å². The number of benzene rings is 1. The van der Waals surface area contributed by atoms with Crippen molar-refractivity contribution >= 4 is 5.69 Å². The standard InChI is InChI=1S/C10H13F3N.HI/c1-14(2,3)9-6-4-8(5-7-9)10(11,12)13;/h4-7H,1-3H3;1H/q+1;/p-1. The van der Waals surface area contributed by atoms with Gasteiger partial charge >= 0.3 is 6.18 Å². The Morgan fingerprint density at radius 1 is 0.933 bits per heavy atom. The summed E-state index contributed by atoms with van der Waals surface area (Å²) in [6.45, 7) is 0. The molecule has 1 aromatic carbocycles. The van der Waals surface area contributed by atoms with Gasteiger partial charge in [-0.1, -0.05) is 0 Å². The maximum absolute atomic E-state index is 12.2. The zero-order chi connectivity index (χ0) is 11.0. The van der Waals surface area contributed by atoms with Crippen LogP contribution in [0.2, 0.25) is 0 Å². The van der Waals surface area contributed by atoms with E-state index >= 15 is 0 Å². The predicted octanol–water partition coefficient (Wildman–Crippen LogP) is -0.0939. The SMILES string of the molecule is C[N+](C)(C)c1ccc(C(F)(F)F)cc1.[I-]. The highest BCUT2D eigenvalue weighted by atomic mass is 127. The molecule has 1 aromatic rings. The molecule has 0 N–H and O–H groups in total. The molecule has 0 aromatic heterocycles. The highest BCUT2D eigenvalue weighted by Crippen LogP contribution is 2.30. The first kappa shape index (κ1) is 14.7. The van der Waals surface area contributed by atoms with Gasteiger partial charge in [-0.3, -0.25) is 4.48 Å². The second-order valence-corrected chi connectivity index (χ2v) is 4.06. The third kappa shape index (κ3) is 3.98. The number of quaternary nitrogens is 1. The molecule has 1 nitrogen and oxygen atoms in total. The molecule has 0 saturated heterocycles. The number of halogens is 4. The molecule has 0 aliphatic heterocycles. The van der Waals surface area contributed by atoms with Crippen LogP contribution in [0.5, 0.6) is 0 Å². The molecule has 0 aliphatic rings. The van der Waals surface area contributed by atoms with E-state index in [1.165, 1.54) is 12.1 Å². The van der Waals surface area contributed by atoms with Crippen molar-refractivity contribution in [2.75, 3.05) is 21.1 Å². The fraction of sp³-hybridized carbons (Fsp3) is 0.400. The van der Waals surface area contributed by atoms with E-state index in [1.807, 2.05) is 21.1 Å². The molecule has 0 amide bonds. The van der Waals surface area contributed by atoms with E-state index in [1.54, 1.807) is 0 Å². The first-order valence-corrected chi connectivity index (χ1v) is 4.20. The van der Waals surface area contributed by atoms with Crippen molar-refractivity contribution in [3.8, 4) is 0 Å². The number of nitrogens with zero attached hydrogens (tertiary/aromatic N) is 1. The quantitative estimate of drug-likeness (QED) is 0.498. The number of hydrogen-bond donors (Lipinski definition) is 0. The molecule has 5 heteroatoms. The van der Waals surface area contributed by atoms with Gasteiger partial charge in [-0.05, 0) is 24.3 Å². The van der Waals surface area contributed by atoms with Crippen molar-refractivity contribution in [1.29, 1.82) is 0 Å². The summed E-state index contributed by atoms with van der Waals surface area (Å²) < 4.78 is 37.1. The molecular weight excluding hydrogens is 318 g/mol. The van der Waals surface area contributed by atoms with Gasteiger partial charge in [0.05, 0.1) is 26.7 Å². The van der Waals surface area contributed by atoms with Crippen LogP contribution >= 0.6 is 0 Å². The van der Waals surface area contributed by atoms with Crippen molar-refractivity contribution < 1.29 is 37.1 Å². The fourth-order valence-electron chi connectivity index (χ4n) is 1.10. The minimum absolute atomic E-state index is 0. The predicted molar refractivity (Wildman–Crippen MR) is 51.0 cm³/mol. The highest BCUT2D eigenvalue weighted by Gasteiger charge is 2.30. The van der Waals surface area contributed by atoms with Crippen LogP contribution in [0.1, 0.15) is 5.56 Å². The number of rotatable bonds is 1. The highest BCUT2D eigenvalue weighted by molar-refractivity contribution is 5.43. The third-order valence-electron chi connectivity index (χ3n) is 1.97. The Hall–Kier alpha value is -0.300. The molecule has 0 radical (unpaired) electrons. The summed E-state index contributed by atoms with van der Waals surface area (Å²) in [6, 6.07) is 5.23. The normalized spacial score (nSPS) is 12.1. The summed E-state index contributed by atoms with van der Waals surface area (Å²) >= 11 is 0. The van der Waals surface area contributed by atoms with E-state index in [0.717, 1.165) is 17.8 Å². The topological polar surface area (TPSA) is 0 Å². The van der Waals surface area contributed by atoms with Gasteiger partial charge in [0.1, 0.15) is 5.69 Å². The maximum Gasteiger partial charge on any atom is 0.416 e. The lowest BCUT2D eigenvalue weighted by atomic mass is 10.2. The first-order valence-electron chi connectivity index (χ1n) is 4.20. The van der Waals surface area contributed by atoms with Gasteiger partial charge in [0, 0.05) is 0 Å². The Morgan fingerprint density at radius 2 is 1.33 bits per heavy atom. The van der Waals surface area contributed by atoms with E-state index < -0.39 is 11.7 Å². The Bertz CT molecular complexity index is 278. The molecule has 0 spiro atoms. The molecule has 86 valence electrons. The van der Waals surface area contributed by atoms with Crippen LogP contribution in [0.4, 0.5) is 18.9 Å². The molecule has 1 rings (SSSR count). The Balaban J connectivity index is 0.00000196. The molecule has 0 heterocycles. The zero-order valence-electron chi connectivity index (χ0n) is 8.77. The van der Waals surface area contributed by atoms with E-state index in [9.17, 15) is 13.2 Å². The van der Waals surface area contributed by atoms with Crippen LogP contribution in [0.3, 0.4) is 0 Å². The van der Waals surface area contributed by atoms with Gasteiger partial charge in [-0.2, -0.15) is 13.2 Å². The summed E-state index contributed by atoms with van der Waals surface area (Å²) in [5.41, 5.74) is 0.243. The Morgan fingerprint density at radius 3 is 1.60 bits per heavy atom. The van der Waals surface area contributed by atoms with Crippen LogP contribution in [0, 0.1) is 0 Å². The number of hydrogen-bond acceptors (Lipinski definition) is 0. The average Bonchev–Trinajstić information content (AvgIpc) is 2.01. The first-order chi connectivity index (χ1) is 6.21. The number of alkyl halides is 3. The lowest BCUT2D eigenvalue weighted by Crippen LogP contribution is -3.00. The van der Waals surface area contributed by atoms with Gasteiger partial charge in [0.15, 0.2) is 0 Å². The van der Waals surface area contributed by atoms with Crippen molar-refractivity contribution in [3.63, 3.8) is 0 Å². The molecule has 0 atom stereocenters. The summed E-state index contributed by atoms with van der Waals surface area (Å²) in [5, 5.41) is 0. The molecule has 0 saturated carbocycles. The Labute approximate surface area is 105 Å². The van der Waals surface area contributed by atoms with E-state index in [-0.39, 0.29) is 24.0 Å². The largest absolute Gasteiger partial charge is 1.00 e. The summed E-state index contributed by atoms with van der Waals surface area (Å²) in [7, 11) is 5.72. The average molecular weight is 331 g/mol. The maximum atomic E-state index is 12.2. The summed E-state index contributed by atoms with van der Waals surface area (Å²) in [5.74, 6) is 0. The van der Waals surface area contributed by atoms with Crippen molar-refractivity contribution in [3.05, 3.63) is 29.8 Å². The monoisotopic (exact) mass is 331 g/mol. The van der Waals surface area contributed by atoms with Crippen LogP contribution in [0.25, 0.3) is 0 Å². The lowest BCUT2D eigenvalue weighted by Gasteiger charge is -2.23. The molecule has 0 unspecified atom stereocenters. The lowest BCUT2D eigenvalue weighted by molar-refractivity contribution is -0.137. The van der Waals surface area contributed by atoms with Crippen molar-refractivity contribution in [2.24, 2.45) is 0 Å². The van der Waals surface area contributed by atoms with E-state index in [0.29, 0.717) is 4.48 Å². The molecule has 15 heavy (non-hydrogen) atoms. The van der Waals surface area contributed by atoms with Crippen LogP contribution in [-0.2, 0) is 6.18 Å². The summed E-state index contributed by atoms with van der Waals surface area (Å²) in [6.07, 6.45) is -4.25. The molecule has 0 aliphatic carbocycles. The minimum atomic E-state index is -4.25. The Kier molecular flexibility index (Phi) is 4.60. The minimum Gasteiger partial charge on any atom is -1.00 e. The molecular formula is C10H13F3IN. The van der Waals surface area contributed by atoms with Gasteiger partial charge < -0.3 is 24.0 Å².